The van der Waals surface area contributed by atoms with E-state index in [2.05, 4.69) is 52.0 Å². The molecule has 0 aliphatic heterocycles. The zero-order chi connectivity index (χ0) is 19.8. The molecule has 1 fully saturated rings. The first-order chi connectivity index (χ1) is 12.7. The minimum atomic E-state index is 0.0875. The van der Waals surface area contributed by atoms with Crippen molar-refractivity contribution in [2.45, 2.75) is 59.8 Å². The molecule has 0 saturated heterocycles. The van der Waals surface area contributed by atoms with E-state index in [-0.39, 0.29) is 10.8 Å². The van der Waals surface area contributed by atoms with E-state index in [0.29, 0.717) is 42.3 Å². The summed E-state index contributed by atoms with van der Waals surface area (Å²) in [4.78, 5) is 32.9. The maximum Gasteiger partial charge on any atom is 0.145 e. The molecule has 0 aromatic rings. The third-order valence-corrected chi connectivity index (χ3v) is 7.90. The maximum absolute atomic E-state index is 11.4. The van der Waals surface area contributed by atoms with Gasteiger partial charge in [0.15, 0.2) is 0 Å². The quantitative estimate of drug-likeness (QED) is 0.516. The Bertz CT molecular complexity index is 728. The Kier molecular flexibility index (Phi) is 5.42. The van der Waals surface area contributed by atoms with Crippen molar-refractivity contribution in [2.75, 3.05) is 0 Å². The van der Waals surface area contributed by atoms with Crippen LogP contribution in [0.1, 0.15) is 59.8 Å². The molecular formula is C24H32O3. The third kappa shape index (κ3) is 3.53. The second kappa shape index (κ2) is 7.33. The van der Waals surface area contributed by atoms with Crippen LogP contribution in [0.25, 0.3) is 0 Å². The summed E-state index contributed by atoms with van der Waals surface area (Å²) >= 11 is 0. The van der Waals surface area contributed by atoms with Crippen molar-refractivity contribution in [3.8, 4) is 0 Å². The van der Waals surface area contributed by atoms with Crippen molar-refractivity contribution in [1.29, 1.82) is 0 Å². The normalized spacial score (nSPS) is 42.3. The van der Waals surface area contributed by atoms with Gasteiger partial charge in [-0.3, -0.25) is 14.4 Å². The van der Waals surface area contributed by atoms with Gasteiger partial charge in [-0.2, -0.15) is 0 Å². The second-order valence-corrected chi connectivity index (χ2v) is 9.53. The van der Waals surface area contributed by atoms with Gasteiger partial charge in [0, 0.05) is 12.8 Å². The summed E-state index contributed by atoms with van der Waals surface area (Å²) in [6.45, 7) is 8.86. The van der Waals surface area contributed by atoms with Crippen molar-refractivity contribution in [3.63, 3.8) is 0 Å². The molecule has 6 atom stereocenters. The number of fused-ring (bicyclic) bond motifs is 2. The van der Waals surface area contributed by atoms with E-state index in [0.717, 1.165) is 43.0 Å². The van der Waals surface area contributed by atoms with Crippen LogP contribution in [0.15, 0.2) is 35.5 Å². The van der Waals surface area contributed by atoms with Crippen LogP contribution in [0.4, 0.5) is 0 Å². The minimum Gasteiger partial charge on any atom is -0.300 e. The van der Waals surface area contributed by atoms with Gasteiger partial charge in [0.2, 0.25) is 0 Å². The Morgan fingerprint density at radius 3 is 2.15 bits per heavy atom. The summed E-state index contributed by atoms with van der Waals surface area (Å²) in [6.07, 6.45) is 15.0. The van der Waals surface area contributed by atoms with Crippen LogP contribution in [-0.4, -0.2) is 18.4 Å². The molecule has 27 heavy (non-hydrogen) atoms. The van der Waals surface area contributed by atoms with Crippen molar-refractivity contribution in [1.82, 2.24) is 0 Å². The molecule has 0 aromatic heterocycles. The van der Waals surface area contributed by atoms with Gasteiger partial charge in [-0.15, -0.1) is 0 Å². The van der Waals surface area contributed by atoms with E-state index in [1.807, 2.05) is 0 Å². The fraction of sp³-hybridized carbons (Fsp3) is 0.625. The highest BCUT2D eigenvalue weighted by Gasteiger charge is 2.46. The molecule has 146 valence electrons. The highest BCUT2D eigenvalue weighted by molar-refractivity contribution is 5.82. The van der Waals surface area contributed by atoms with Crippen LogP contribution in [0, 0.1) is 34.5 Å². The fourth-order valence-electron chi connectivity index (χ4n) is 5.52. The number of rotatable bonds is 2. The van der Waals surface area contributed by atoms with E-state index < -0.39 is 0 Å². The molecule has 1 saturated carbocycles. The van der Waals surface area contributed by atoms with Crippen molar-refractivity contribution in [2.24, 2.45) is 34.5 Å². The summed E-state index contributed by atoms with van der Waals surface area (Å²) in [5.41, 5.74) is 2.21. The van der Waals surface area contributed by atoms with Crippen LogP contribution in [0.3, 0.4) is 0 Å². The third-order valence-electron chi connectivity index (χ3n) is 7.90. The lowest BCUT2D eigenvalue weighted by molar-refractivity contribution is -0.125. The van der Waals surface area contributed by atoms with Crippen molar-refractivity contribution in [3.05, 3.63) is 35.5 Å². The molecule has 0 spiro atoms. The van der Waals surface area contributed by atoms with E-state index in [1.165, 1.54) is 0 Å². The summed E-state index contributed by atoms with van der Waals surface area (Å²) in [5.74, 6) is 2.35. The first kappa shape index (κ1) is 20.0. The van der Waals surface area contributed by atoms with Gasteiger partial charge < -0.3 is 0 Å². The summed E-state index contributed by atoms with van der Waals surface area (Å²) in [7, 11) is 0. The number of ketones is 1. The zero-order valence-corrected chi connectivity index (χ0v) is 17.0. The standard InChI is InChI=1S/C12H16O2.C12H16O/c1-8-3-11(14)5-10-4-9(7-13)6-12(8,10)2;1-9-4-3-5-11-6-10(8-13)7-12(9,11)2/h6-8,10H,3-5H2,1-2H3;3,5,7-9,11H,4,6H2,1-2H3/t8-,10-,12+;9-,11+,12+/m11/s1. The Labute approximate surface area is 163 Å². The summed E-state index contributed by atoms with van der Waals surface area (Å²) < 4.78 is 0. The number of Topliss-reactive ketones (excluding diaryl/α,β-unsaturated/α-hetero) is 1. The molecule has 0 radical (unpaired) electrons. The lowest BCUT2D eigenvalue weighted by atomic mass is 9.63. The lowest BCUT2D eigenvalue weighted by Crippen LogP contribution is -2.37. The van der Waals surface area contributed by atoms with Crippen LogP contribution >= 0.6 is 0 Å². The smallest absolute Gasteiger partial charge is 0.145 e. The van der Waals surface area contributed by atoms with Gasteiger partial charge in [0.1, 0.15) is 18.4 Å². The van der Waals surface area contributed by atoms with E-state index in [4.69, 9.17) is 0 Å². The summed E-state index contributed by atoms with van der Waals surface area (Å²) in [6, 6.07) is 0. The van der Waals surface area contributed by atoms with E-state index in [9.17, 15) is 14.4 Å². The second-order valence-electron chi connectivity index (χ2n) is 9.53. The Balaban J connectivity index is 0.000000156. The van der Waals surface area contributed by atoms with Gasteiger partial charge in [-0.1, -0.05) is 52.0 Å². The monoisotopic (exact) mass is 368 g/mol. The molecule has 0 heterocycles. The minimum absolute atomic E-state index is 0.0875. The highest BCUT2D eigenvalue weighted by atomic mass is 16.1. The largest absolute Gasteiger partial charge is 0.300 e. The van der Waals surface area contributed by atoms with Crippen LogP contribution in [0.5, 0.6) is 0 Å². The number of allylic oxidation sites excluding steroid dienone is 6. The molecule has 0 amide bonds. The number of hydrogen-bond donors (Lipinski definition) is 0. The first-order valence-corrected chi connectivity index (χ1v) is 10.2. The number of hydrogen-bond acceptors (Lipinski definition) is 3. The van der Waals surface area contributed by atoms with Crippen LogP contribution in [-0.2, 0) is 14.4 Å². The molecule has 4 aliphatic carbocycles. The zero-order valence-electron chi connectivity index (χ0n) is 17.0. The van der Waals surface area contributed by atoms with Crippen LogP contribution < -0.4 is 0 Å². The Hall–Kier alpha value is -1.77. The average Bonchev–Trinajstić information content (AvgIpc) is 3.15. The van der Waals surface area contributed by atoms with Gasteiger partial charge in [0.05, 0.1) is 0 Å². The SMILES string of the molecule is C[C@@H]1CC(=O)C[C@H]2CC(C=O)=C[C@]21C.C[C@@H]1CC=C[C@H]2CC(C=O)=C[C@@]12C. The van der Waals surface area contributed by atoms with Crippen LogP contribution in [0.2, 0.25) is 0 Å². The molecular weight excluding hydrogens is 336 g/mol. The molecule has 3 heteroatoms. The van der Waals surface area contributed by atoms with E-state index in [1.54, 1.807) is 0 Å². The molecule has 3 nitrogen and oxygen atoms in total. The number of aldehydes is 2. The molecule has 4 rings (SSSR count). The predicted octanol–water partition coefficient (Wildman–Crippen LogP) is 4.87. The molecule has 0 aromatic carbocycles. The molecule has 0 N–H and O–H groups in total. The van der Waals surface area contributed by atoms with Gasteiger partial charge in [-0.25, -0.2) is 0 Å². The predicted molar refractivity (Wildman–Crippen MR) is 107 cm³/mol. The topological polar surface area (TPSA) is 51.2 Å². The molecule has 0 unspecified atom stereocenters. The number of carbonyl (C=O) groups excluding carboxylic acids is 3. The molecule has 0 bridgehead atoms. The van der Waals surface area contributed by atoms with Gasteiger partial charge in [-0.05, 0) is 64.9 Å². The van der Waals surface area contributed by atoms with Crippen molar-refractivity contribution >= 4 is 18.4 Å². The summed E-state index contributed by atoms with van der Waals surface area (Å²) in [5, 5.41) is 0. The number of carbonyl (C=O) groups is 3. The first-order valence-electron chi connectivity index (χ1n) is 10.2. The van der Waals surface area contributed by atoms with E-state index >= 15 is 0 Å². The molecule has 4 aliphatic rings. The highest BCUT2D eigenvalue weighted by Crippen LogP contribution is 2.52. The average molecular weight is 369 g/mol. The Morgan fingerprint density at radius 2 is 1.52 bits per heavy atom. The van der Waals surface area contributed by atoms with Gasteiger partial charge in [0.25, 0.3) is 0 Å². The Morgan fingerprint density at radius 1 is 0.889 bits per heavy atom. The maximum atomic E-state index is 11.4. The van der Waals surface area contributed by atoms with Crippen molar-refractivity contribution < 1.29 is 14.4 Å². The lowest BCUT2D eigenvalue weighted by Gasteiger charge is -2.40. The van der Waals surface area contributed by atoms with Gasteiger partial charge >= 0.3 is 0 Å². The fourth-order valence-corrected chi connectivity index (χ4v) is 5.52.